The number of carbonyl (C=O) groups excluding carboxylic acids is 1. The highest BCUT2D eigenvalue weighted by atomic mass is 19.1. The molecule has 25 heavy (non-hydrogen) atoms. The first-order valence-corrected chi connectivity index (χ1v) is 7.52. The second-order valence-electron chi connectivity index (χ2n) is 5.48. The first-order chi connectivity index (χ1) is 12.0. The Bertz CT molecular complexity index is 837. The SMILES string of the molecule is Cc1ccc(C(=O)Nc2nc(=O)n(C3COC(CO)O3)cc2F)cc1. The minimum atomic E-state index is -0.895. The van der Waals surface area contributed by atoms with Crippen LogP contribution in [0.15, 0.2) is 35.3 Å². The van der Waals surface area contributed by atoms with E-state index in [1.165, 1.54) is 0 Å². The maximum Gasteiger partial charge on any atom is 0.351 e. The van der Waals surface area contributed by atoms with Gasteiger partial charge < -0.3 is 19.9 Å². The van der Waals surface area contributed by atoms with E-state index in [-0.39, 0.29) is 13.2 Å². The van der Waals surface area contributed by atoms with Crippen LogP contribution in [-0.4, -0.2) is 40.1 Å². The molecule has 2 aromatic rings. The summed E-state index contributed by atoms with van der Waals surface area (Å²) in [6.45, 7) is 1.46. The molecule has 2 atom stereocenters. The molecule has 1 fully saturated rings. The zero-order valence-corrected chi connectivity index (χ0v) is 13.3. The smallest absolute Gasteiger partial charge is 0.351 e. The number of rotatable bonds is 4. The van der Waals surface area contributed by atoms with E-state index in [4.69, 9.17) is 14.6 Å². The lowest BCUT2D eigenvalue weighted by atomic mass is 10.1. The summed E-state index contributed by atoms with van der Waals surface area (Å²) < 4.78 is 25.4. The number of hydrogen-bond donors (Lipinski definition) is 2. The fraction of sp³-hybridized carbons (Fsp3) is 0.312. The Morgan fingerprint density at radius 3 is 2.80 bits per heavy atom. The highest BCUT2D eigenvalue weighted by molar-refractivity contribution is 6.03. The van der Waals surface area contributed by atoms with Gasteiger partial charge in [-0.2, -0.15) is 4.98 Å². The molecule has 2 N–H and O–H groups in total. The van der Waals surface area contributed by atoms with Crippen molar-refractivity contribution in [3.63, 3.8) is 0 Å². The van der Waals surface area contributed by atoms with Crippen LogP contribution in [0.5, 0.6) is 0 Å². The lowest BCUT2D eigenvalue weighted by Gasteiger charge is -2.13. The summed E-state index contributed by atoms with van der Waals surface area (Å²) in [5.41, 5.74) is 0.477. The number of nitrogens with zero attached hydrogens (tertiary/aromatic N) is 2. The molecule has 1 saturated heterocycles. The topological polar surface area (TPSA) is 103 Å². The van der Waals surface area contributed by atoms with Gasteiger partial charge in [0, 0.05) is 5.56 Å². The molecule has 1 aromatic heterocycles. The van der Waals surface area contributed by atoms with Crippen LogP contribution in [0.3, 0.4) is 0 Å². The Morgan fingerprint density at radius 2 is 2.16 bits per heavy atom. The van der Waals surface area contributed by atoms with Crippen molar-refractivity contribution in [1.82, 2.24) is 9.55 Å². The highest BCUT2D eigenvalue weighted by Gasteiger charge is 2.28. The molecule has 2 heterocycles. The number of aryl methyl sites for hydroxylation is 1. The van der Waals surface area contributed by atoms with Gasteiger partial charge in [-0.25, -0.2) is 9.18 Å². The van der Waals surface area contributed by atoms with E-state index in [9.17, 15) is 14.0 Å². The molecule has 3 rings (SSSR count). The second kappa shape index (κ2) is 7.09. The standard InChI is InChI=1S/C16H16FN3O5/c1-9-2-4-10(5-3-9)15(22)18-14-11(17)6-20(16(23)19-14)12-8-24-13(7-21)25-12/h2-6,12-13,21H,7-8H2,1H3,(H,18,19,22,23). The predicted molar refractivity (Wildman–Crippen MR) is 84.5 cm³/mol. The summed E-state index contributed by atoms with van der Waals surface area (Å²) in [7, 11) is 0. The van der Waals surface area contributed by atoms with Crippen molar-refractivity contribution in [3.8, 4) is 0 Å². The van der Waals surface area contributed by atoms with Crippen LogP contribution < -0.4 is 11.0 Å². The van der Waals surface area contributed by atoms with E-state index >= 15 is 0 Å². The normalized spacial score (nSPS) is 19.8. The predicted octanol–water partition coefficient (Wildman–Crippen LogP) is 0.807. The largest absolute Gasteiger partial charge is 0.391 e. The van der Waals surface area contributed by atoms with Crippen LogP contribution in [-0.2, 0) is 9.47 Å². The molecule has 132 valence electrons. The first-order valence-electron chi connectivity index (χ1n) is 7.52. The zero-order valence-electron chi connectivity index (χ0n) is 13.3. The molecular formula is C16H16FN3O5. The lowest BCUT2D eigenvalue weighted by Crippen LogP contribution is -2.30. The van der Waals surface area contributed by atoms with Gasteiger partial charge in [0.05, 0.1) is 19.4 Å². The molecular weight excluding hydrogens is 333 g/mol. The molecule has 0 aliphatic carbocycles. The van der Waals surface area contributed by atoms with Crippen molar-refractivity contribution in [2.75, 3.05) is 18.5 Å². The van der Waals surface area contributed by atoms with Gasteiger partial charge >= 0.3 is 5.69 Å². The molecule has 0 spiro atoms. The summed E-state index contributed by atoms with van der Waals surface area (Å²) in [6, 6.07) is 6.66. The van der Waals surface area contributed by atoms with Crippen molar-refractivity contribution in [3.05, 3.63) is 57.9 Å². The number of carbonyl (C=O) groups is 1. The maximum atomic E-state index is 14.2. The number of aromatic nitrogens is 2. The molecule has 1 aromatic carbocycles. The Labute approximate surface area is 141 Å². The zero-order chi connectivity index (χ0) is 18.0. The third-order valence-electron chi connectivity index (χ3n) is 3.65. The fourth-order valence-electron chi connectivity index (χ4n) is 2.31. The molecule has 8 nitrogen and oxygen atoms in total. The monoisotopic (exact) mass is 349 g/mol. The first kappa shape index (κ1) is 17.2. The van der Waals surface area contributed by atoms with E-state index in [2.05, 4.69) is 10.3 Å². The van der Waals surface area contributed by atoms with Gasteiger partial charge in [-0.05, 0) is 19.1 Å². The Hall–Kier alpha value is -2.62. The summed E-state index contributed by atoms with van der Waals surface area (Å²) in [5.74, 6) is -1.94. The van der Waals surface area contributed by atoms with Crippen molar-refractivity contribution < 1.29 is 23.8 Å². The number of ether oxygens (including phenoxy) is 2. The van der Waals surface area contributed by atoms with E-state index in [1.54, 1.807) is 24.3 Å². The Kier molecular flexibility index (Phi) is 4.88. The number of nitrogens with one attached hydrogen (secondary N) is 1. The number of halogens is 1. The van der Waals surface area contributed by atoms with E-state index < -0.39 is 35.7 Å². The van der Waals surface area contributed by atoms with Crippen LogP contribution in [0.2, 0.25) is 0 Å². The van der Waals surface area contributed by atoms with Gasteiger partial charge in [-0.15, -0.1) is 0 Å². The highest BCUT2D eigenvalue weighted by Crippen LogP contribution is 2.20. The van der Waals surface area contributed by atoms with Crippen LogP contribution in [0.25, 0.3) is 0 Å². The van der Waals surface area contributed by atoms with Crippen LogP contribution in [0.4, 0.5) is 10.2 Å². The maximum absolute atomic E-state index is 14.2. The van der Waals surface area contributed by atoms with Gasteiger partial charge in [0.2, 0.25) is 0 Å². The second-order valence-corrected chi connectivity index (χ2v) is 5.48. The molecule has 0 radical (unpaired) electrons. The van der Waals surface area contributed by atoms with Crippen LogP contribution in [0, 0.1) is 12.7 Å². The number of benzene rings is 1. The number of aliphatic hydroxyl groups excluding tert-OH is 1. The van der Waals surface area contributed by atoms with Gasteiger partial charge in [0.25, 0.3) is 5.91 Å². The molecule has 1 aliphatic rings. The van der Waals surface area contributed by atoms with Gasteiger partial charge in [-0.3, -0.25) is 9.36 Å². The van der Waals surface area contributed by atoms with E-state index in [0.717, 1.165) is 16.3 Å². The number of aliphatic hydroxyl groups is 1. The summed E-state index contributed by atoms with van der Waals surface area (Å²) in [5, 5.41) is 11.2. The molecule has 0 saturated carbocycles. The molecule has 2 unspecified atom stereocenters. The third-order valence-corrected chi connectivity index (χ3v) is 3.65. The number of amides is 1. The number of anilines is 1. The Balaban J connectivity index is 1.79. The van der Waals surface area contributed by atoms with Gasteiger partial charge in [-0.1, -0.05) is 17.7 Å². The molecule has 0 bridgehead atoms. The molecule has 1 aliphatic heterocycles. The van der Waals surface area contributed by atoms with Gasteiger partial charge in [0.1, 0.15) is 0 Å². The Morgan fingerprint density at radius 1 is 1.44 bits per heavy atom. The van der Waals surface area contributed by atoms with Gasteiger partial charge in [0.15, 0.2) is 24.2 Å². The summed E-state index contributed by atoms with van der Waals surface area (Å²) in [6.07, 6.45) is -0.886. The third kappa shape index (κ3) is 3.73. The minimum Gasteiger partial charge on any atom is -0.391 e. The fourth-order valence-corrected chi connectivity index (χ4v) is 2.31. The van der Waals surface area contributed by atoms with E-state index in [0.29, 0.717) is 5.56 Å². The van der Waals surface area contributed by atoms with Crippen molar-refractivity contribution in [2.45, 2.75) is 19.4 Å². The molecule has 1 amide bonds. The minimum absolute atomic E-state index is 0.0265. The lowest BCUT2D eigenvalue weighted by molar-refractivity contribution is -0.0993. The van der Waals surface area contributed by atoms with Crippen LogP contribution in [0.1, 0.15) is 22.1 Å². The van der Waals surface area contributed by atoms with Crippen molar-refractivity contribution in [2.24, 2.45) is 0 Å². The van der Waals surface area contributed by atoms with Crippen molar-refractivity contribution in [1.29, 1.82) is 0 Å². The quantitative estimate of drug-likeness (QED) is 0.847. The summed E-state index contributed by atoms with van der Waals surface area (Å²) in [4.78, 5) is 27.7. The summed E-state index contributed by atoms with van der Waals surface area (Å²) >= 11 is 0. The van der Waals surface area contributed by atoms with E-state index in [1.807, 2.05) is 6.92 Å². The average Bonchev–Trinajstić information content (AvgIpc) is 3.07. The van der Waals surface area contributed by atoms with Crippen LogP contribution >= 0.6 is 0 Å². The average molecular weight is 349 g/mol. The number of hydrogen-bond acceptors (Lipinski definition) is 6. The van der Waals surface area contributed by atoms with Crippen molar-refractivity contribution >= 4 is 11.7 Å². The molecule has 9 heteroatoms.